The summed E-state index contributed by atoms with van der Waals surface area (Å²) in [6.45, 7) is 1.87. The Hall–Kier alpha value is -2.37. The van der Waals surface area contributed by atoms with Crippen LogP contribution in [0.2, 0.25) is 0 Å². The highest BCUT2D eigenvalue weighted by Crippen LogP contribution is 2.38. The summed E-state index contributed by atoms with van der Waals surface area (Å²) in [4.78, 5) is 1.33. The number of para-hydroxylation sites is 1. The van der Waals surface area contributed by atoms with E-state index in [-0.39, 0.29) is 16.8 Å². The molecule has 0 spiro atoms. The van der Waals surface area contributed by atoms with Crippen molar-refractivity contribution < 1.29 is 18.3 Å². The van der Waals surface area contributed by atoms with E-state index in [0.29, 0.717) is 12.1 Å². The second kappa shape index (κ2) is 6.86. The number of methoxy groups -OCH3 is 1. The standard InChI is InChI=1S/C14H15N5O4S2/c1-3-11-15-17-14(24-11)18-16-12-13(20)19(8-23-2)9-6-4-5-7-10(9)25(12,21)22/h4-7,20H,3,8H2,1-2H3. The van der Waals surface area contributed by atoms with E-state index in [1.54, 1.807) is 18.2 Å². The molecule has 3 rings (SSSR count). The molecule has 0 unspecified atom stereocenters. The Balaban J connectivity index is 2.08. The molecule has 1 aromatic heterocycles. The van der Waals surface area contributed by atoms with Crippen molar-refractivity contribution in [2.24, 2.45) is 10.2 Å². The van der Waals surface area contributed by atoms with E-state index in [0.717, 1.165) is 5.01 Å². The number of ether oxygens (including phenoxy) is 1. The topological polar surface area (TPSA) is 117 Å². The van der Waals surface area contributed by atoms with Crippen LogP contribution in [0.15, 0.2) is 50.3 Å². The molecule has 1 aliphatic heterocycles. The average molecular weight is 381 g/mol. The normalized spacial score (nSPS) is 16.5. The fraction of sp³-hybridized carbons (Fsp3) is 0.286. The number of rotatable bonds is 5. The first-order valence-corrected chi connectivity index (χ1v) is 9.57. The lowest BCUT2D eigenvalue weighted by molar-refractivity contribution is 0.188. The Morgan fingerprint density at radius 3 is 2.72 bits per heavy atom. The summed E-state index contributed by atoms with van der Waals surface area (Å²) in [7, 11) is -2.59. The van der Waals surface area contributed by atoms with Gasteiger partial charge in [-0.25, -0.2) is 8.42 Å². The van der Waals surface area contributed by atoms with Gasteiger partial charge in [0.15, 0.2) is 0 Å². The number of aryl methyl sites for hydroxylation is 1. The molecule has 0 aliphatic carbocycles. The number of hydrogen-bond donors (Lipinski definition) is 1. The van der Waals surface area contributed by atoms with Crippen LogP contribution >= 0.6 is 11.3 Å². The number of nitrogens with zero attached hydrogens (tertiary/aromatic N) is 5. The SMILES string of the molecule is CCc1nnc(N=NC2=C(O)N(COC)c3ccccc3S2(=O)=O)s1. The van der Waals surface area contributed by atoms with Crippen LogP contribution in [0.25, 0.3) is 0 Å². The third kappa shape index (κ3) is 3.13. The van der Waals surface area contributed by atoms with E-state index in [2.05, 4.69) is 20.4 Å². The summed E-state index contributed by atoms with van der Waals surface area (Å²) in [5, 5.41) is 26.1. The minimum atomic E-state index is -4.02. The molecule has 0 atom stereocenters. The summed E-state index contributed by atoms with van der Waals surface area (Å²) in [6, 6.07) is 6.28. The molecule has 132 valence electrons. The molecule has 1 aromatic carbocycles. The van der Waals surface area contributed by atoms with Crippen molar-refractivity contribution in [3.05, 3.63) is 40.2 Å². The number of benzene rings is 1. The minimum Gasteiger partial charge on any atom is -0.492 e. The average Bonchev–Trinajstić information content (AvgIpc) is 3.06. The molecule has 2 heterocycles. The molecule has 0 radical (unpaired) electrons. The zero-order valence-corrected chi connectivity index (χ0v) is 15.1. The van der Waals surface area contributed by atoms with Crippen molar-refractivity contribution in [2.75, 3.05) is 18.7 Å². The van der Waals surface area contributed by atoms with Gasteiger partial charge in [0.25, 0.3) is 5.13 Å². The third-order valence-electron chi connectivity index (χ3n) is 3.39. The van der Waals surface area contributed by atoms with Crippen LogP contribution in [0.5, 0.6) is 0 Å². The van der Waals surface area contributed by atoms with E-state index >= 15 is 0 Å². The first kappa shape index (κ1) is 17.5. The van der Waals surface area contributed by atoms with Crippen LogP contribution in [0.4, 0.5) is 10.8 Å². The zero-order valence-electron chi connectivity index (χ0n) is 13.4. The Morgan fingerprint density at radius 2 is 2.04 bits per heavy atom. The number of fused-ring (bicyclic) bond motifs is 1. The quantitative estimate of drug-likeness (QED) is 0.791. The van der Waals surface area contributed by atoms with Gasteiger partial charge < -0.3 is 9.84 Å². The zero-order chi connectivity index (χ0) is 18.0. The van der Waals surface area contributed by atoms with E-state index in [1.807, 2.05) is 6.92 Å². The first-order chi connectivity index (χ1) is 12.0. The second-order valence-electron chi connectivity index (χ2n) is 4.98. The van der Waals surface area contributed by atoms with Crippen LogP contribution in [-0.4, -0.2) is 37.6 Å². The van der Waals surface area contributed by atoms with Gasteiger partial charge in [-0.2, -0.15) is 0 Å². The lowest BCUT2D eigenvalue weighted by atomic mass is 10.3. The molecule has 25 heavy (non-hydrogen) atoms. The first-order valence-electron chi connectivity index (χ1n) is 7.27. The monoisotopic (exact) mass is 381 g/mol. The number of azo groups is 1. The summed E-state index contributed by atoms with van der Waals surface area (Å²) in [5.74, 6) is -0.551. The molecule has 9 nitrogen and oxygen atoms in total. The molecular formula is C14H15N5O4S2. The number of anilines is 1. The molecule has 0 saturated heterocycles. The van der Waals surface area contributed by atoms with Crippen LogP contribution in [0, 0.1) is 0 Å². The second-order valence-corrected chi connectivity index (χ2v) is 7.85. The highest BCUT2D eigenvalue weighted by molar-refractivity contribution is 7.95. The van der Waals surface area contributed by atoms with Crippen molar-refractivity contribution in [3.8, 4) is 0 Å². The Labute approximate surface area is 148 Å². The number of hydrogen-bond acceptors (Lipinski definition) is 10. The van der Waals surface area contributed by atoms with E-state index in [9.17, 15) is 13.5 Å². The summed E-state index contributed by atoms with van der Waals surface area (Å²) < 4.78 is 30.6. The predicted molar refractivity (Wildman–Crippen MR) is 91.4 cm³/mol. The van der Waals surface area contributed by atoms with E-state index < -0.39 is 20.7 Å². The highest BCUT2D eigenvalue weighted by Gasteiger charge is 2.37. The van der Waals surface area contributed by atoms with E-state index in [4.69, 9.17) is 4.74 Å². The smallest absolute Gasteiger partial charge is 0.251 e. The van der Waals surface area contributed by atoms with Gasteiger partial charge >= 0.3 is 0 Å². The van der Waals surface area contributed by atoms with Crippen LogP contribution in [0.3, 0.4) is 0 Å². The minimum absolute atomic E-state index is 0.0188. The fourth-order valence-corrected chi connectivity index (χ4v) is 4.25. The molecule has 0 bridgehead atoms. The molecule has 0 saturated carbocycles. The number of aliphatic hydroxyl groups excluding tert-OH is 1. The summed E-state index contributed by atoms with van der Waals surface area (Å²) >= 11 is 1.20. The lowest BCUT2D eigenvalue weighted by Gasteiger charge is -2.29. The lowest BCUT2D eigenvalue weighted by Crippen LogP contribution is -2.32. The number of sulfone groups is 1. The largest absolute Gasteiger partial charge is 0.492 e. The van der Waals surface area contributed by atoms with Crippen LogP contribution in [0.1, 0.15) is 11.9 Å². The van der Waals surface area contributed by atoms with Gasteiger partial charge in [-0.05, 0) is 18.6 Å². The van der Waals surface area contributed by atoms with Gasteiger partial charge in [0.05, 0.1) is 10.6 Å². The molecular weight excluding hydrogens is 366 g/mol. The van der Waals surface area contributed by atoms with Crippen molar-refractivity contribution in [2.45, 2.75) is 18.2 Å². The maximum absolute atomic E-state index is 12.8. The molecule has 0 fully saturated rings. The van der Waals surface area contributed by atoms with Gasteiger partial charge in [-0.15, -0.1) is 20.4 Å². The summed E-state index contributed by atoms with van der Waals surface area (Å²) in [6.07, 6.45) is 0.689. The third-order valence-corrected chi connectivity index (χ3v) is 6.04. The van der Waals surface area contributed by atoms with Gasteiger partial charge in [0.2, 0.25) is 20.7 Å². The molecule has 11 heteroatoms. The maximum Gasteiger partial charge on any atom is 0.251 e. The molecule has 0 amide bonds. The number of aliphatic hydroxyl groups is 1. The van der Waals surface area contributed by atoms with Gasteiger partial charge in [-0.1, -0.05) is 30.4 Å². The van der Waals surface area contributed by atoms with Gasteiger partial charge in [0, 0.05) is 7.11 Å². The fourth-order valence-electron chi connectivity index (χ4n) is 2.24. The predicted octanol–water partition coefficient (Wildman–Crippen LogP) is 2.77. The van der Waals surface area contributed by atoms with Crippen LogP contribution in [-0.2, 0) is 21.0 Å². The highest BCUT2D eigenvalue weighted by atomic mass is 32.2. The Kier molecular flexibility index (Phi) is 4.79. The van der Waals surface area contributed by atoms with Gasteiger partial charge in [0.1, 0.15) is 11.7 Å². The van der Waals surface area contributed by atoms with E-state index in [1.165, 1.54) is 29.4 Å². The van der Waals surface area contributed by atoms with Crippen molar-refractivity contribution in [1.29, 1.82) is 0 Å². The van der Waals surface area contributed by atoms with Crippen molar-refractivity contribution >= 4 is 32.0 Å². The molecule has 1 N–H and O–H groups in total. The summed E-state index contributed by atoms with van der Waals surface area (Å²) in [5.41, 5.74) is 0.310. The van der Waals surface area contributed by atoms with Crippen LogP contribution < -0.4 is 4.90 Å². The van der Waals surface area contributed by atoms with Crippen molar-refractivity contribution in [1.82, 2.24) is 10.2 Å². The van der Waals surface area contributed by atoms with Gasteiger partial charge in [-0.3, -0.25) is 4.90 Å². The number of aromatic nitrogens is 2. The molecule has 2 aromatic rings. The van der Waals surface area contributed by atoms with Crippen molar-refractivity contribution in [3.63, 3.8) is 0 Å². The maximum atomic E-state index is 12.8. The molecule has 1 aliphatic rings. The Bertz CT molecular complexity index is 952. The Morgan fingerprint density at radius 1 is 1.28 bits per heavy atom.